The first-order chi connectivity index (χ1) is 19.5. The Labute approximate surface area is 241 Å². The van der Waals surface area contributed by atoms with Gasteiger partial charge >= 0.3 is 18.4 Å². The molecule has 42 heavy (non-hydrogen) atoms. The molecule has 1 unspecified atom stereocenters. The Kier molecular flexibility index (Phi) is 8.95. The van der Waals surface area contributed by atoms with Crippen LogP contribution in [0.25, 0.3) is 11.3 Å². The smallest absolute Gasteiger partial charge is 0.417 e. The molecule has 2 aliphatic rings. The number of amides is 2. The SMILES string of the molecule is Cc1c(C(=O)NC2CCCCC2)cc(-c2cc(C(F)(F)F)ccc2C(F)(F)F)n1CC1CCCN1C(=O)OC(C)(C)C. The summed E-state index contributed by atoms with van der Waals surface area (Å²) in [5.41, 5.74) is -3.72. The van der Waals surface area contributed by atoms with Crippen molar-refractivity contribution in [1.82, 2.24) is 14.8 Å². The van der Waals surface area contributed by atoms with Crippen LogP contribution < -0.4 is 5.32 Å². The average molecular weight is 602 g/mol. The van der Waals surface area contributed by atoms with Gasteiger partial charge in [0.25, 0.3) is 5.91 Å². The topological polar surface area (TPSA) is 63.6 Å². The van der Waals surface area contributed by atoms with Gasteiger partial charge in [0.05, 0.1) is 22.7 Å². The Bertz CT molecular complexity index is 1300. The number of carbonyl (C=O) groups is 2. The lowest BCUT2D eigenvalue weighted by Gasteiger charge is -2.30. The number of hydrogen-bond acceptors (Lipinski definition) is 3. The van der Waals surface area contributed by atoms with Crippen molar-refractivity contribution in [1.29, 1.82) is 0 Å². The Hall–Kier alpha value is -3.18. The largest absolute Gasteiger partial charge is 0.444 e. The molecular weight excluding hydrogens is 564 g/mol. The van der Waals surface area contributed by atoms with Crippen LogP contribution in [0, 0.1) is 6.92 Å². The monoisotopic (exact) mass is 601 g/mol. The number of halogens is 6. The van der Waals surface area contributed by atoms with Crippen LogP contribution in [0.3, 0.4) is 0 Å². The van der Waals surface area contributed by atoms with E-state index in [0.717, 1.165) is 32.1 Å². The van der Waals surface area contributed by atoms with Crippen LogP contribution in [0.2, 0.25) is 0 Å². The summed E-state index contributed by atoms with van der Waals surface area (Å²) < 4.78 is 90.5. The van der Waals surface area contributed by atoms with E-state index < -0.39 is 52.7 Å². The highest BCUT2D eigenvalue weighted by Crippen LogP contribution is 2.42. The van der Waals surface area contributed by atoms with Gasteiger partial charge in [0.2, 0.25) is 0 Å². The van der Waals surface area contributed by atoms with Crippen LogP contribution in [0.1, 0.15) is 92.9 Å². The molecule has 1 N–H and O–H groups in total. The second-order valence-electron chi connectivity index (χ2n) is 12.2. The zero-order chi connectivity index (χ0) is 31.0. The molecule has 1 aliphatic heterocycles. The minimum atomic E-state index is -4.96. The number of alkyl halides is 6. The lowest BCUT2D eigenvalue weighted by molar-refractivity contribution is -0.141. The van der Waals surface area contributed by atoms with Crippen LogP contribution in [-0.2, 0) is 23.6 Å². The maximum Gasteiger partial charge on any atom is 0.417 e. The summed E-state index contributed by atoms with van der Waals surface area (Å²) in [6.45, 7) is 7.05. The molecule has 232 valence electrons. The normalized spacial score (nSPS) is 18.8. The third-order valence-corrected chi connectivity index (χ3v) is 7.88. The average Bonchev–Trinajstić information content (AvgIpc) is 3.47. The van der Waals surface area contributed by atoms with Gasteiger partial charge in [-0.05, 0) is 77.6 Å². The van der Waals surface area contributed by atoms with E-state index in [1.807, 2.05) is 0 Å². The fraction of sp³-hybridized carbons (Fsp3) is 0.600. The molecule has 2 fully saturated rings. The van der Waals surface area contributed by atoms with Gasteiger partial charge in [-0.3, -0.25) is 4.79 Å². The minimum Gasteiger partial charge on any atom is -0.444 e. The summed E-state index contributed by atoms with van der Waals surface area (Å²) in [4.78, 5) is 27.8. The quantitative estimate of drug-likeness (QED) is 0.354. The summed E-state index contributed by atoms with van der Waals surface area (Å²) >= 11 is 0. The zero-order valence-corrected chi connectivity index (χ0v) is 24.2. The number of aromatic nitrogens is 1. The number of carbonyl (C=O) groups excluding carboxylic acids is 2. The van der Waals surface area contributed by atoms with Crippen LogP contribution in [0.4, 0.5) is 31.1 Å². The second kappa shape index (κ2) is 11.8. The predicted octanol–water partition coefficient (Wildman–Crippen LogP) is 7.96. The molecule has 12 heteroatoms. The van der Waals surface area contributed by atoms with E-state index in [1.54, 1.807) is 27.7 Å². The van der Waals surface area contributed by atoms with E-state index in [0.29, 0.717) is 43.3 Å². The number of ether oxygens (including phenoxy) is 1. The molecule has 6 nitrogen and oxygen atoms in total. The molecule has 0 bridgehead atoms. The molecule has 2 aromatic rings. The molecule has 4 rings (SSSR count). The minimum absolute atomic E-state index is 0.0232. The highest BCUT2D eigenvalue weighted by Gasteiger charge is 2.39. The highest BCUT2D eigenvalue weighted by atomic mass is 19.4. The van der Waals surface area contributed by atoms with Crippen molar-refractivity contribution in [2.75, 3.05) is 6.54 Å². The van der Waals surface area contributed by atoms with Crippen molar-refractivity contribution in [2.24, 2.45) is 0 Å². The van der Waals surface area contributed by atoms with Crippen LogP contribution >= 0.6 is 0 Å². The van der Waals surface area contributed by atoms with Gasteiger partial charge in [-0.2, -0.15) is 26.3 Å². The zero-order valence-electron chi connectivity index (χ0n) is 24.2. The van der Waals surface area contributed by atoms with Gasteiger partial charge in [-0.15, -0.1) is 0 Å². The molecule has 1 saturated heterocycles. The summed E-state index contributed by atoms with van der Waals surface area (Å²) in [5, 5.41) is 2.96. The number of benzene rings is 1. The third kappa shape index (κ3) is 7.23. The lowest BCUT2D eigenvalue weighted by Crippen LogP contribution is -2.41. The van der Waals surface area contributed by atoms with Gasteiger partial charge in [-0.1, -0.05) is 19.3 Å². The van der Waals surface area contributed by atoms with Crippen molar-refractivity contribution in [3.63, 3.8) is 0 Å². The third-order valence-electron chi connectivity index (χ3n) is 7.88. The molecule has 1 atom stereocenters. The maximum atomic E-state index is 14.2. The van der Waals surface area contributed by atoms with Crippen LogP contribution in [-0.4, -0.2) is 45.7 Å². The van der Waals surface area contributed by atoms with E-state index >= 15 is 0 Å². The van der Waals surface area contributed by atoms with Gasteiger partial charge in [0.15, 0.2) is 0 Å². The van der Waals surface area contributed by atoms with Gasteiger partial charge in [0, 0.05) is 36.1 Å². The number of likely N-dealkylation sites (tertiary alicyclic amines) is 1. The maximum absolute atomic E-state index is 14.2. The van der Waals surface area contributed by atoms with Crippen LogP contribution in [0.15, 0.2) is 24.3 Å². The van der Waals surface area contributed by atoms with Gasteiger partial charge in [-0.25, -0.2) is 4.79 Å². The molecule has 2 amide bonds. The molecule has 1 aromatic heterocycles. The van der Waals surface area contributed by atoms with Gasteiger partial charge in [0.1, 0.15) is 5.60 Å². The first-order valence-electron chi connectivity index (χ1n) is 14.2. The molecule has 1 saturated carbocycles. The van der Waals surface area contributed by atoms with Crippen molar-refractivity contribution in [3.05, 3.63) is 46.6 Å². The Morgan fingerprint density at radius 3 is 2.19 bits per heavy atom. The number of nitrogens with one attached hydrogen (secondary N) is 1. The molecule has 0 radical (unpaired) electrons. The van der Waals surface area contributed by atoms with E-state index in [-0.39, 0.29) is 23.8 Å². The molecule has 2 heterocycles. The van der Waals surface area contributed by atoms with Crippen molar-refractivity contribution < 1.29 is 40.7 Å². The number of rotatable bonds is 5. The Morgan fingerprint density at radius 2 is 1.60 bits per heavy atom. The standard InChI is InChI=1S/C30H37F6N3O3/c1-18-22(26(40)37-20-9-6-5-7-10-20)16-25(23-15-19(29(31,32)33)12-13-24(23)30(34,35)36)39(18)17-21-11-8-14-38(21)27(41)42-28(2,3)4/h12-13,15-16,20-21H,5-11,14,17H2,1-4H3,(H,37,40). The summed E-state index contributed by atoms with van der Waals surface area (Å²) in [6.07, 6.45) is -4.81. The van der Waals surface area contributed by atoms with E-state index in [9.17, 15) is 35.9 Å². The first-order valence-corrected chi connectivity index (χ1v) is 14.2. The van der Waals surface area contributed by atoms with E-state index in [4.69, 9.17) is 4.74 Å². The Balaban J connectivity index is 1.82. The summed E-state index contributed by atoms with van der Waals surface area (Å²) in [7, 11) is 0. The molecule has 1 aliphatic carbocycles. The molecular formula is C30H37F6N3O3. The number of nitrogens with zero attached hydrogens (tertiary/aromatic N) is 2. The predicted molar refractivity (Wildman–Crippen MR) is 145 cm³/mol. The van der Waals surface area contributed by atoms with Crippen molar-refractivity contribution in [2.45, 2.75) is 109 Å². The summed E-state index contributed by atoms with van der Waals surface area (Å²) in [5.74, 6) is -0.490. The van der Waals surface area contributed by atoms with E-state index in [2.05, 4.69) is 5.32 Å². The fourth-order valence-corrected chi connectivity index (χ4v) is 5.82. The molecule has 1 aromatic carbocycles. The summed E-state index contributed by atoms with van der Waals surface area (Å²) in [6, 6.07) is 1.97. The Morgan fingerprint density at radius 1 is 0.929 bits per heavy atom. The van der Waals surface area contributed by atoms with Crippen molar-refractivity contribution in [3.8, 4) is 11.3 Å². The highest BCUT2D eigenvalue weighted by molar-refractivity contribution is 5.97. The first kappa shape index (κ1) is 31.7. The fourth-order valence-electron chi connectivity index (χ4n) is 5.82. The number of hydrogen-bond donors (Lipinski definition) is 1. The second-order valence-corrected chi connectivity index (χ2v) is 12.2. The van der Waals surface area contributed by atoms with Gasteiger partial charge < -0.3 is 19.5 Å². The molecule has 0 spiro atoms. The van der Waals surface area contributed by atoms with E-state index in [1.165, 1.54) is 15.5 Å². The van der Waals surface area contributed by atoms with Crippen molar-refractivity contribution >= 4 is 12.0 Å². The van der Waals surface area contributed by atoms with Crippen LogP contribution in [0.5, 0.6) is 0 Å². The lowest BCUT2D eigenvalue weighted by atomic mass is 9.95.